The van der Waals surface area contributed by atoms with Gasteiger partial charge in [-0.1, -0.05) is 52.9 Å². The Morgan fingerprint density at radius 3 is 2.43 bits per heavy atom. The van der Waals surface area contributed by atoms with E-state index >= 15 is 0 Å². The van der Waals surface area contributed by atoms with Crippen molar-refractivity contribution in [3.63, 3.8) is 0 Å². The Hall–Kier alpha value is -2.63. The monoisotopic (exact) mass is 435 g/mol. The molecule has 0 radical (unpaired) electrons. The molecular formula is C17H17N5O3S3. The predicted octanol–water partition coefficient (Wildman–Crippen LogP) is 2.96. The molecule has 1 amide bonds. The molecule has 0 bridgehead atoms. The number of aromatic nitrogens is 2. The lowest BCUT2D eigenvalue weighted by molar-refractivity contribution is -0.113. The van der Waals surface area contributed by atoms with Crippen molar-refractivity contribution in [3.8, 4) is 0 Å². The highest BCUT2D eigenvalue weighted by Crippen LogP contribution is 2.26. The predicted molar refractivity (Wildman–Crippen MR) is 112 cm³/mol. The average molecular weight is 436 g/mol. The number of thioether (sulfide) groups is 1. The van der Waals surface area contributed by atoms with Crippen LogP contribution in [0.1, 0.15) is 5.56 Å². The van der Waals surface area contributed by atoms with Crippen LogP contribution in [0.4, 0.5) is 16.5 Å². The molecule has 8 nitrogen and oxygen atoms in total. The summed E-state index contributed by atoms with van der Waals surface area (Å²) in [6, 6.07) is 13.1. The lowest BCUT2D eigenvalue weighted by Crippen LogP contribution is -2.18. The Kier molecular flexibility index (Phi) is 6.17. The van der Waals surface area contributed by atoms with Crippen molar-refractivity contribution in [2.24, 2.45) is 0 Å². The molecular weight excluding hydrogens is 418 g/mol. The highest BCUT2D eigenvalue weighted by atomic mass is 32.2. The van der Waals surface area contributed by atoms with Crippen LogP contribution in [0.15, 0.2) is 57.8 Å². The number of amides is 1. The SMILES string of the molecule is Cc1ccc(S(=O)(=O)Nc2ccccc2NC(=O)CSc2nnc(N)s2)cc1. The van der Waals surface area contributed by atoms with Crippen LogP contribution < -0.4 is 15.8 Å². The van der Waals surface area contributed by atoms with Crippen LogP contribution >= 0.6 is 23.1 Å². The minimum Gasteiger partial charge on any atom is -0.374 e. The number of hydrogen-bond donors (Lipinski definition) is 3. The zero-order chi connectivity index (χ0) is 20.1. The van der Waals surface area contributed by atoms with Crippen LogP contribution in [0.5, 0.6) is 0 Å². The third kappa shape index (κ3) is 5.21. The highest BCUT2D eigenvalue weighted by Gasteiger charge is 2.17. The van der Waals surface area contributed by atoms with Gasteiger partial charge >= 0.3 is 0 Å². The summed E-state index contributed by atoms with van der Waals surface area (Å²) in [7, 11) is -3.78. The van der Waals surface area contributed by atoms with E-state index in [4.69, 9.17) is 5.73 Å². The zero-order valence-corrected chi connectivity index (χ0v) is 17.2. The fourth-order valence-corrected chi connectivity index (χ4v) is 4.71. The minimum atomic E-state index is -3.78. The molecule has 0 aliphatic heterocycles. The van der Waals surface area contributed by atoms with E-state index in [9.17, 15) is 13.2 Å². The Morgan fingerprint density at radius 2 is 1.79 bits per heavy atom. The lowest BCUT2D eigenvalue weighted by Gasteiger charge is -2.13. The van der Waals surface area contributed by atoms with E-state index in [0.29, 0.717) is 15.2 Å². The highest BCUT2D eigenvalue weighted by molar-refractivity contribution is 8.01. The van der Waals surface area contributed by atoms with Gasteiger partial charge in [0.25, 0.3) is 10.0 Å². The van der Waals surface area contributed by atoms with Crippen molar-refractivity contribution in [2.75, 3.05) is 21.5 Å². The van der Waals surface area contributed by atoms with Gasteiger partial charge in [-0.15, -0.1) is 10.2 Å². The summed E-state index contributed by atoms with van der Waals surface area (Å²) < 4.78 is 28.3. The molecule has 3 aromatic rings. The van der Waals surface area contributed by atoms with Gasteiger partial charge < -0.3 is 11.1 Å². The second kappa shape index (κ2) is 8.59. The molecule has 0 unspecified atom stereocenters. The van der Waals surface area contributed by atoms with Crippen molar-refractivity contribution in [3.05, 3.63) is 54.1 Å². The van der Waals surface area contributed by atoms with Gasteiger partial charge in [0.1, 0.15) is 0 Å². The Balaban J connectivity index is 1.70. The van der Waals surface area contributed by atoms with Gasteiger partial charge in [-0.25, -0.2) is 8.42 Å². The van der Waals surface area contributed by atoms with Gasteiger partial charge in [0, 0.05) is 0 Å². The van der Waals surface area contributed by atoms with Gasteiger partial charge in [0.15, 0.2) is 4.34 Å². The molecule has 0 aliphatic rings. The first-order chi connectivity index (χ1) is 13.3. The van der Waals surface area contributed by atoms with Gasteiger partial charge in [-0.05, 0) is 31.2 Å². The number of sulfonamides is 1. The summed E-state index contributed by atoms with van der Waals surface area (Å²) in [6.45, 7) is 1.88. The van der Waals surface area contributed by atoms with E-state index in [0.717, 1.165) is 5.56 Å². The molecule has 28 heavy (non-hydrogen) atoms. The van der Waals surface area contributed by atoms with E-state index in [2.05, 4.69) is 20.2 Å². The number of benzene rings is 2. The molecule has 4 N–H and O–H groups in total. The second-order valence-corrected chi connectivity index (χ2v) is 9.62. The van der Waals surface area contributed by atoms with E-state index in [1.165, 1.54) is 35.2 Å². The largest absolute Gasteiger partial charge is 0.374 e. The Bertz CT molecular complexity index is 1080. The van der Waals surface area contributed by atoms with Crippen LogP contribution in [0.2, 0.25) is 0 Å². The third-order valence-corrected chi connectivity index (χ3v) is 6.79. The van der Waals surface area contributed by atoms with E-state index in [1.807, 2.05) is 6.92 Å². The number of rotatable bonds is 7. The number of nitrogen functional groups attached to an aromatic ring is 1. The van der Waals surface area contributed by atoms with Gasteiger partial charge in [0.2, 0.25) is 11.0 Å². The summed E-state index contributed by atoms with van der Waals surface area (Å²) in [4.78, 5) is 12.4. The first-order valence-electron chi connectivity index (χ1n) is 8.03. The maximum Gasteiger partial charge on any atom is 0.261 e. The number of carbonyl (C=O) groups is 1. The van der Waals surface area contributed by atoms with Crippen LogP contribution in [-0.4, -0.2) is 30.3 Å². The quantitative estimate of drug-likeness (QED) is 0.487. The lowest BCUT2D eigenvalue weighted by atomic mass is 10.2. The van der Waals surface area contributed by atoms with Crippen molar-refractivity contribution in [2.45, 2.75) is 16.2 Å². The fraction of sp³-hybridized carbons (Fsp3) is 0.118. The van der Waals surface area contributed by atoms with Crippen LogP contribution in [0, 0.1) is 6.92 Å². The minimum absolute atomic E-state index is 0.0910. The van der Waals surface area contributed by atoms with Gasteiger partial charge in [0.05, 0.1) is 22.0 Å². The van der Waals surface area contributed by atoms with Crippen LogP contribution in [0.25, 0.3) is 0 Å². The number of nitrogens with two attached hydrogens (primary N) is 1. The maximum absolute atomic E-state index is 12.6. The third-order valence-electron chi connectivity index (χ3n) is 3.53. The normalized spacial score (nSPS) is 11.2. The number of hydrogen-bond acceptors (Lipinski definition) is 8. The summed E-state index contributed by atoms with van der Waals surface area (Å²) >= 11 is 2.39. The first kappa shape index (κ1) is 20.1. The second-order valence-electron chi connectivity index (χ2n) is 5.71. The van der Waals surface area contributed by atoms with Crippen molar-refractivity contribution < 1.29 is 13.2 Å². The average Bonchev–Trinajstić information content (AvgIpc) is 3.07. The molecule has 11 heteroatoms. The molecule has 3 rings (SSSR count). The van der Waals surface area contributed by atoms with E-state index in [-0.39, 0.29) is 22.2 Å². The topological polar surface area (TPSA) is 127 Å². The summed E-state index contributed by atoms with van der Waals surface area (Å²) in [5.41, 5.74) is 7.11. The van der Waals surface area contributed by atoms with Gasteiger partial charge in [-0.3, -0.25) is 9.52 Å². The van der Waals surface area contributed by atoms with Crippen molar-refractivity contribution >= 4 is 55.5 Å². The fourth-order valence-electron chi connectivity index (χ4n) is 2.19. The zero-order valence-electron chi connectivity index (χ0n) is 14.7. The number of nitrogens with zero attached hydrogens (tertiary/aromatic N) is 2. The van der Waals surface area contributed by atoms with Crippen LogP contribution in [0.3, 0.4) is 0 Å². The molecule has 0 saturated carbocycles. The van der Waals surface area contributed by atoms with Crippen molar-refractivity contribution in [1.82, 2.24) is 10.2 Å². The van der Waals surface area contributed by atoms with E-state index in [1.54, 1.807) is 36.4 Å². The molecule has 0 spiro atoms. The molecule has 0 fully saturated rings. The summed E-state index contributed by atoms with van der Waals surface area (Å²) in [5, 5.41) is 10.6. The van der Waals surface area contributed by atoms with E-state index < -0.39 is 10.0 Å². The number of anilines is 3. The maximum atomic E-state index is 12.6. The Labute approximate surface area is 170 Å². The molecule has 146 valence electrons. The summed E-state index contributed by atoms with van der Waals surface area (Å²) in [6.07, 6.45) is 0. The summed E-state index contributed by atoms with van der Waals surface area (Å²) in [5.74, 6) is -0.214. The standard InChI is InChI=1S/C17H17N5O3S3/c1-11-6-8-12(9-7-11)28(24,25)22-14-5-3-2-4-13(14)19-15(23)10-26-17-21-20-16(18)27-17/h2-9,22H,10H2,1H3,(H2,18,20)(H,19,23). The molecule has 0 atom stereocenters. The Morgan fingerprint density at radius 1 is 1.11 bits per heavy atom. The molecule has 1 aromatic heterocycles. The molecule has 2 aromatic carbocycles. The van der Waals surface area contributed by atoms with Crippen LogP contribution in [-0.2, 0) is 14.8 Å². The smallest absolute Gasteiger partial charge is 0.261 e. The first-order valence-corrected chi connectivity index (χ1v) is 11.3. The number of carbonyl (C=O) groups excluding carboxylic acids is 1. The number of aryl methyl sites for hydroxylation is 1. The number of nitrogens with one attached hydrogen (secondary N) is 2. The van der Waals surface area contributed by atoms with Gasteiger partial charge in [-0.2, -0.15) is 0 Å². The molecule has 0 saturated heterocycles. The molecule has 1 heterocycles. The van der Waals surface area contributed by atoms with Crippen molar-refractivity contribution in [1.29, 1.82) is 0 Å². The number of para-hydroxylation sites is 2. The molecule has 0 aliphatic carbocycles.